The van der Waals surface area contributed by atoms with Crippen LogP contribution in [0.25, 0.3) is 0 Å². The first kappa shape index (κ1) is 521. The first-order chi connectivity index (χ1) is 24.8. The molecule has 0 aromatic carbocycles. The summed E-state index contributed by atoms with van der Waals surface area (Å²) in [4.78, 5) is 14.0. The van der Waals surface area contributed by atoms with Crippen LogP contribution in [0.2, 0.25) is 0 Å². The van der Waals surface area contributed by atoms with Crippen molar-refractivity contribution in [3.8, 4) is 0 Å². The van der Waals surface area contributed by atoms with Gasteiger partial charge in [0.2, 0.25) is 0 Å². The van der Waals surface area contributed by atoms with Crippen LogP contribution >= 0.6 is 13.5 Å². The molecule has 0 saturated carbocycles. The fraction of sp³-hybridized carbons (Fsp3) is 1.00. The second-order valence-electron chi connectivity index (χ2n) is 2.06. The summed E-state index contributed by atoms with van der Waals surface area (Å²) in [6.45, 7) is 0. The van der Waals surface area contributed by atoms with Gasteiger partial charge in [0, 0.05) is 63.6 Å². The van der Waals surface area contributed by atoms with E-state index < -0.39 is 0 Å². The van der Waals surface area contributed by atoms with Gasteiger partial charge in [-0.25, -0.2) is 73.6 Å². The molecule has 0 aliphatic heterocycles. The van der Waals surface area contributed by atoms with Crippen molar-refractivity contribution in [2.75, 3.05) is 0 Å². The monoisotopic (exact) mass is 1680 g/mol. The van der Waals surface area contributed by atoms with Crippen LogP contribution in [0.1, 0.15) is 284 Å². The molecule has 664 valence electrons. The standard InChI is InChI=1S/38CH4.H3N.3Na.H2O9.H2O8.H2O7.H2O6.H2O5.H2O4.H2O3.O2.4H2O.S3.S2.H2S.H/c;;;;;;;;;;;;;;;;;;;;;;;;;;;;;;;;;;;;;;;;;;1-3-5-7-9-8-6-4-2;1-3-5-7-8-6-4-2;1-3-5-7-6-4-2;1-3-5-6-4-2;1-3-5-4-2;1-3-4-2;1-3-2;1-2;;;;;1-3-2;1-2;;/h38*1H4;1H3;;;;1-2H;1-2H;1-2H;1-2H;1-2H;1-2H;1-2H;;4*1H2;;;1H2;/q;;;;;;;;;;;;;;;;;;;;;;;;;;;;;;;;;;;;;;;;;+1;;;;;;;;;;;;;;;;-1. The average molecular weight is 1680 g/mol. The maximum atomic E-state index is 7.32. The molecule has 58 heteroatoms. The van der Waals surface area contributed by atoms with E-state index in [1.165, 1.54) is 43.6 Å². The van der Waals surface area contributed by atoms with Gasteiger partial charge in [-0.3, -0.25) is 0 Å². The summed E-state index contributed by atoms with van der Waals surface area (Å²) in [5.41, 5.74) is 0. The van der Waals surface area contributed by atoms with Gasteiger partial charge in [-0.2, -0.15) is 13.5 Å². The fourth-order valence-electron chi connectivity index (χ4n) is 0.181. The third-order valence-electron chi connectivity index (χ3n) is 0.615. The van der Waals surface area contributed by atoms with Gasteiger partial charge in [0.05, 0.1) is 0 Å². The first-order valence-electron chi connectivity index (χ1n) is 7.72. The molecule has 0 saturated heterocycles. The summed E-state index contributed by atoms with van der Waals surface area (Å²) in [7, 11) is 0.917. The molecule has 0 aromatic heterocycles. The van der Waals surface area contributed by atoms with Crippen molar-refractivity contribution in [2.24, 2.45) is 0 Å². The van der Waals surface area contributed by atoms with E-state index in [2.05, 4.69) is 186 Å². The van der Waals surface area contributed by atoms with E-state index in [1.807, 2.05) is 0 Å². The third kappa shape index (κ3) is 1620. The Morgan fingerprint density at radius 3 is 0.323 bits per heavy atom. The van der Waals surface area contributed by atoms with E-state index in [9.17, 15) is 0 Å². The quantitative estimate of drug-likeness (QED) is 0.0220. The Balaban J connectivity index is -0.00000000321. The van der Waals surface area contributed by atoms with Gasteiger partial charge in [-0.15, -0.1) is 0 Å². The van der Waals surface area contributed by atoms with Gasteiger partial charge >= 0.3 is 73.2 Å². The minimum atomic E-state index is 0. The van der Waals surface area contributed by atoms with Crippen molar-refractivity contribution in [3.05, 3.63) is 9.93 Å². The Kier molecular flexibility index (Phi) is 5020. The third-order valence-corrected chi connectivity index (χ3v) is 0.615. The van der Waals surface area contributed by atoms with Crippen LogP contribution in [0.4, 0.5) is 0 Å². The first-order valence-corrected chi connectivity index (χ1v) is 19.7. The van der Waals surface area contributed by atoms with E-state index in [0.717, 1.165) is 8.88 Å². The summed E-state index contributed by atoms with van der Waals surface area (Å²) in [6.07, 6.45) is 0. The number of hydrogen-bond donors (Lipinski definition) is 15. The molecule has 0 bridgehead atoms. The molecular formula is C38H180NNa3O48S6. The van der Waals surface area contributed by atoms with Crippen LogP contribution < -0.4 is 35.7 Å². The van der Waals surface area contributed by atoms with Crippen LogP contribution in [0, 0.1) is 9.93 Å². The second kappa shape index (κ2) is 925. The van der Waals surface area contributed by atoms with Gasteiger partial charge in [0.25, 0.3) is 0 Å². The summed E-state index contributed by atoms with van der Waals surface area (Å²) in [6, 6.07) is 0. The molecule has 0 unspecified atom stereocenters. The predicted molar refractivity (Wildman–Crippen MR) is 409 cm³/mol. The maximum absolute atomic E-state index is 7.32. The van der Waals surface area contributed by atoms with E-state index in [1.54, 1.807) is 0 Å². The predicted octanol–water partition coefficient (Wildman–Crippen LogP) is 15.8. The molecule has 25 N–H and O–H groups in total. The van der Waals surface area contributed by atoms with Crippen molar-refractivity contribution < 1.29 is 268 Å². The molecule has 0 aliphatic rings. The molecule has 96 heavy (non-hydrogen) atoms. The summed E-state index contributed by atoms with van der Waals surface area (Å²) < 4.78 is 0. The van der Waals surface area contributed by atoms with E-state index in [4.69, 9.17) is 83.5 Å². The number of rotatable bonds is 21. The Labute approximate surface area is 671 Å². The van der Waals surface area contributed by atoms with E-state index >= 15 is 0 Å². The molecule has 0 aromatic rings. The van der Waals surface area contributed by atoms with Crippen molar-refractivity contribution in [1.82, 2.24) is 6.15 Å². The molecule has 0 heterocycles. The summed E-state index contributed by atoms with van der Waals surface area (Å²) >= 11 is 18.5. The van der Waals surface area contributed by atoms with E-state index in [-0.39, 0.29) is 355 Å². The topological polar surface area (TPSA) is 737 Å². The van der Waals surface area contributed by atoms with E-state index in [0.29, 0.717) is 0 Å². The molecule has 0 rings (SSSR count). The Hall–Kier alpha value is 2.17. The van der Waals surface area contributed by atoms with Gasteiger partial charge in [0.15, 0.2) is 0 Å². The van der Waals surface area contributed by atoms with Crippen molar-refractivity contribution in [2.45, 2.75) is 282 Å². The molecule has 0 atom stereocenters. The number of hydrogen-bond acceptors (Lipinski definition) is 49. The zero-order valence-corrected chi connectivity index (χ0v) is 37.8. The molecule has 0 amide bonds. The average Bonchev–Trinajstić information content (AvgIpc) is 3.17. The normalized spacial score (nSPS) is 4.23. The van der Waals surface area contributed by atoms with Crippen LogP contribution in [-0.4, -0.2) is 139 Å². The van der Waals surface area contributed by atoms with Crippen molar-refractivity contribution >= 4 is 111 Å². The van der Waals surface area contributed by atoms with Crippen LogP contribution in [0.3, 0.4) is 0 Å². The van der Waals surface area contributed by atoms with Crippen molar-refractivity contribution in [3.63, 3.8) is 0 Å². The van der Waals surface area contributed by atoms with Crippen LogP contribution in [0.5, 0.6) is 0 Å². The molecule has 0 fully saturated rings. The molecule has 0 aliphatic carbocycles. The van der Waals surface area contributed by atoms with Crippen molar-refractivity contribution in [1.29, 1.82) is 0 Å². The fourth-order valence-corrected chi connectivity index (χ4v) is 0.181. The SMILES string of the molecule is C.C.C.C.C.C.C.C.C.C.C.C.C.C.C.C.C.C.C.C.C.C.C.C.C.C.C.C.C.C.C.C.C.C.C.C.C.C.N.O.O.O.O.O=O.OOO.OOOO.OOOOO.OOOOOO.OOOOOOO.OOOOOOOO.OOOOOOOOO.S.S=S.S=S=S.[H-].[Na+].[Na][Na]. The second-order valence-corrected chi connectivity index (χ2v) is 3.83. The summed E-state index contributed by atoms with van der Waals surface area (Å²) in [5, 5.41) is 182. The van der Waals surface area contributed by atoms with Crippen LogP contribution in [-0.2, 0) is 195 Å². The van der Waals surface area contributed by atoms with Gasteiger partial charge < -0.3 is 29.5 Å². The van der Waals surface area contributed by atoms with Gasteiger partial charge in [0.1, 0.15) is 0 Å². The molecular weight excluding hydrogens is 1500 g/mol. The van der Waals surface area contributed by atoms with Gasteiger partial charge in [-0.05, 0) is 136 Å². The van der Waals surface area contributed by atoms with Gasteiger partial charge in [-0.1, -0.05) is 287 Å². The minimum absolute atomic E-state index is 0. The van der Waals surface area contributed by atoms with Crippen LogP contribution in [0.15, 0.2) is 0 Å². The molecule has 0 radical (unpaired) electrons. The summed E-state index contributed by atoms with van der Waals surface area (Å²) in [5.74, 6) is 0. The Bertz CT molecular complexity index is 489. The Morgan fingerprint density at radius 1 is 0.219 bits per heavy atom. The zero-order chi connectivity index (χ0) is 42.5. The Morgan fingerprint density at radius 2 is 0.271 bits per heavy atom. The molecule has 0 spiro atoms. The molecule has 49 nitrogen and oxygen atoms in total. The zero-order valence-electron chi connectivity index (χ0n) is 27.8.